The quantitative estimate of drug-likeness (QED) is 0.621. The summed E-state index contributed by atoms with van der Waals surface area (Å²) in [4.78, 5) is 2.41. The fourth-order valence-corrected chi connectivity index (χ4v) is 2.58. The van der Waals surface area contributed by atoms with Crippen LogP contribution in [0.1, 0.15) is 53.9 Å². The second-order valence-electron chi connectivity index (χ2n) is 6.84. The van der Waals surface area contributed by atoms with Crippen LogP contribution in [0.5, 0.6) is 0 Å². The van der Waals surface area contributed by atoms with Crippen molar-refractivity contribution < 1.29 is 0 Å². The van der Waals surface area contributed by atoms with E-state index in [0.29, 0.717) is 16.4 Å². The highest BCUT2D eigenvalue weighted by Gasteiger charge is 2.47. The van der Waals surface area contributed by atoms with E-state index >= 15 is 0 Å². The molecule has 0 saturated heterocycles. The first-order valence-corrected chi connectivity index (χ1v) is 5.78. The number of hydrogen-bond acceptors (Lipinski definition) is 1. The predicted octanol–water partition coefficient (Wildman–Crippen LogP) is 3.54. The third kappa shape index (κ3) is 1.84. The lowest BCUT2D eigenvalue weighted by molar-refractivity contribution is -0.0370. The molecule has 0 amide bonds. The Morgan fingerprint density at radius 2 is 1.29 bits per heavy atom. The van der Waals surface area contributed by atoms with Crippen molar-refractivity contribution in [3.8, 4) is 0 Å². The van der Waals surface area contributed by atoms with Crippen molar-refractivity contribution >= 4 is 0 Å². The molecule has 1 aliphatic carbocycles. The van der Waals surface area contributed by atoms with Gasteiger partial charge in [0.25, 0.3) is 0 Å². The van der Waals surface area contributed by atoms with E-state index in [9.17, 15) is 0 Å². The van der Waals surface area contributed by atoms with Gasteiger partial charge in [0, 0.05) is 5.54 Å². The summed E-state index contributed by atoms with van der Waals surface area (Å²) in [5.41, 5.74) is 1.34. The molecule has 0 aliphatic heterocycles. The first-order valence-electron chi connectivity index (χ1n) is 5.78. The SMILES string of the molecule is CN(C)C1(C)CCC(C)(C)C(C)(C)C1. The van der Waals surface area contributed by atoms with Crippen LogP contribution < -0.4 is 0 Å². The zero-order valence-corrected chi connectivity index (χ0v) is 11.1. The molecular formula is C13H27N. The largest absolute Gasteiger partial charge is 0.304 e. The van der Waals surface area contributed by atoms with Crippen LogP contribution in [0.15, 0.2) is 0 Å². The smallest absolute Gasteiger partial charge is 0.0180 e. The summed E-state index contributed by atoms with van der Waals surface area (Å²) >= 11 is 0. The zero-order chi connectivity index (χ0) is 11.2. The van der Waals surface area contributed by atoms with Gasteiger partial charge in [0.15, 0.2) is 0 Å². The highest BCUT2D eigenvalue weighted by molar-refractivity contribution is 5.01. The minimum atomic E-state index is 0.402. The molecule has 0 heterocycles. The molecule has 1 fully saturated rings. The Morgan fingerprint density at radius 3 is 1.64 bits per heavy atom. The van der Waals surface area contributed by atoms with Crippen molar-refractivity contribution in [3.63, 3.8) is 0 Å². The topological polar surface area (TPSA) is 3.24 Å². The van der Waals surface area contributed by atoms with Crippen LogP contribution in [0.2, 0.25) is 0 Å². The Hall–Kier alpha value is -0.0400. The summed E-state index contributed by atoms with van der Waals surface area (Å²) in [6.07, 6.45) is 3.98. The lowest BCUT2D eigenvalue weighted by Gasteiger charge is -2.55. The van der Waals surface area contributed by atoms with Crippen molar-refractivity contribution in [3.05, 3.63) is 0 Å². The average Bonchev–Trinajstić information content (AvgIpc) is 1.97. The molecule has 1 heteroatoms. The first-order chi connectivity index (χ1) is 6.11. The van der Waals surface area contributed by atoms with Crippen LogP contribution in [0, 0.1) is 10.8 Å². The molecule has 14 heavy (non-hydrogen) atoms. The van der Waals surface area contributed by atoms with Gasteiger partial charge in [0.1, 0.15) is 0 Å². The molecule has 0 aromatic carbocycles. The van der Waals surface area contributed by atoms with Crippen LogP contribution >= 0.6 is 0 Å². The Balaban J connectivity index is 2.87. The van der Waals surface area contributed by atoms with Gasteiger partial charge in [-0.1, -0.05) is 27.7 Å². The number of nitrogens with zero attached hydrogens (tertiary/aromatic N) is 1. The molecule has 1 atom stereocenters. The van der Waals surface area contributed by atoms with Crippen molar-refractivity contribution in [1.82, 2.24) is 4.90 Å². The van der Waals surface area contributed by atoms with Crippen LogP contribution in [-0.4, -0.2) is 24.5 Å². The Bertz CT molecular complexity index is 213. The molecule has 0 aromatic heterocycles. The summed E-state index contributed by atoms with van der Waals surface area (Å²) in [5.74, 6) is 0. The fraction of sp³-hybridized carbons (Fsp3) is 1.00. The summed E-state index contributed by atoms with van der Waals surface area (Å²) in [5, 5.41) is 0. The second kappa shape index (κ2) is 3.23. The zero-order valence-electron chi connectivity index (χ0n) is 11.1. The van der Waals surface area contributed by atoms with E-state index in [0.717, 1.165) is 0 Å². The third-order valence-electron chi connectivity index (χ3n) is 5.02. The molecule has 1 saturated carbocycles. The standard InChI is InChI=1S/C13H27N/c1-11(2)8-9-13(5,14(6)7)10-12(11,3)4/h8-10H2,1-7H3. The monoisotopic (exact) mass is 197 g/mol. The molecule has 1 nitrogen and oxygen atoms in total. The Labute approximate surface area is 89.9 Å². The van der Waals surface area contributed by atoms with Crippen molar-refractivity contribution in [2.45, 2.75) is 59.4 Å². The Morgan fingerprint density at radius 1 is 0.786 bits per heavy atom. The first kappa shape index (κ1) is 12.0. The molecule has 0 aromatic rings. The minimum Gasteiger partial charge on any atom is -0.304 e. The molecule has 1 aliphatic rings. The van der Waals surface area contributed by atoms with Crippen LogP contribution in [-0.2, 0) is 0 Å². The van der Waals surface area contributed by atoms with E-state index in [2.05, 4.69) is 53.6 Å². The summed E-state index contributed by atoms with van der Waals surface area (Å²) in [6, 6.07) is 0. The number of hydrogen-bond donors (Lipinski definition) is 0. The van der Waals surface area contributed by atoms with Crippen molar-refractivity contribution in [2.75, 3.05) is 14.1 Å². The van der Waals surface area contributed by atoms with Gasteiger partial charge in [-0.2, -0.15) is 0 Å². The predicted molar refractivity (Wildman–Crippen MR) is 63.5 cm³/mol. The lowest BCUT2D eigenvalue weighted by atomic mass is 9.55. The van der Waals surface area contributed by atoms with E-state index in [4.69, 9.17) is 0 Å². The second-order valence-corrected chi connectivity index (χ2v) is 6.84. The van der Waals surface area contributed by atoms with Gasteiger partial charge in [0.2, 0.25) is 0 Å². The van der Waals surface area contributed by atoms with Gasteiger partial charge >= 0.3 is 0 Å². The molecule has 0 N–H and O–H groups in total. The van der Waals surface area contributed by atoms with Gasteiger partial charge < -0.3 is 4.90 Å². The number of rotatable bonds is 1. The molecule has 0 spiro atoms. The molecule has 1 rings (SSSR count). The van der Waals surface area contributed by atoms with Crippen LogP contribution in [0.3, 0.4) is 0 Å². The van der Waals surface area contributed by atoms with E-state index < -0.39 is 0 Å². The van der Waals surface area contributed by atoms with E-state index in [1.165, 1.54) is 19.3 Å². The Kier molecular flexibility index (Phi) is 2.78. The van der Waals surface area contributed by atoms with Crippen molar-refractivity contribution in [2.24, 2.45) is 10.8 Å². The molecule has 0 radical (unpaired) electrons. The molecule has 0 bridgehead atoms. The maximum atomic E-state index is 2.42. The van der Waals surface area contributed by atoms with E-state index in [1.54, 1.807) is 0 Å². The molecule has 1 unspecified atom stereocenters. The molecular weight excluding hydrogens is 170 g/mol. The highest BCUT2D eigenvalue weighted by Crippen LogP contribution is 2.53. The average molecular weight is 197 g/mol. The summed E-state index contributed by atoms with van der Waals surface area (Å²) in [6.45, 7) is 12.1. The lowest BCUT2D eigenvalue weighted by Crippen LogP contribution is -2.52. The maximum Gasteiger partial charge on any atom is 0.0180 e. The van der Waals surface area contributed by atoms with Gasteiger partial charge in [0.05, 0.1) is 0 Å². The van der Waals surface area contributed by atoms with E-state index in [-0.39, 0.29) is 0 Å². The highest BCUT2D eigenvalue weighted by atomic mass is 15.1. The minimum absolute atomic E-state index is 0.402. The fourth-order valence-electron chi connectivity index (χ4n) is 2.58. The van der Waals surface area contributed by atoms with Crippen LogP contribution in [0.4, 0.5) is 0 Å². The molecule has 84 valence electrons. The normalized spacial score (nSPS) is 36.0. The van der Waals surface area contributed by atoms with Gasteiger partial charge in [-0.3, -0.25) is 0 Å². The van der Waals surface area contributed by atoms with Gasteiger partial charge in [-0.05, 0) is 51.1 Å². The van der Waals surface area contributed by atoms with Crippen LogP contribution in [0.25, 0.3) is 0 Å². The van der Waals surface area contributed by atoms with Gasteiger partial charge in [-0.15, -0.1) is 0 Å². The summed E-state index contributed by atoms with van der Waals surface area (Å²) < 4.78 is 0. The maximum absolute atomic E-state index is 2.42. The third-order valence-corrected chi connectivity index (χ3v) is 5.02. The van der Waals surface area contributed by atoms with Gasteiger partial charge in [-0.25, -0.2) is 0 Å². The van der Waals surface area contributed by atoms with Crippen molar-refractivity contribution in [1.29, 1.82) is 0 Å². The summed E-state index contributed by atoms with van der Waals surface area (Å²) in [7, 11) is 4.43. The van der Waals surface area contributed by atoms with E-state index in [1.807, 2.05) is 0 Å².